The number of aromatic nitrogens is 1. The van der Waals surface area contributed by atoms with Crippen LogP contribution in [0.2, 0.25) is 0 Å². The van der Waals surface area contributed by atoms with E-state index in [0.717, 1.165) is 0 Å². The molecule has 0 aliphatic carbocycles. The third kappa shape index (κ3) is 2.92. The van der Waals surface area contributed by atoms with Crippen molar-refractivity contribution in [1.82, 2.24) is 4.98 Å². The van der Waals surface area contributed by atoms with Crippen molar-refractivity contribution in [2.45, 2.75) is 6.92 Å². The van der Waals surface area contributed by atoms with E-state index in [2.05, 4.69) is 4.98 Å². The van der Waals surface area contributed by atoms with Gasteiger partial charge >= 0.3 is 0 Å². The lowest BCUT2D eigenvalue weighted by molar-refractivity contribution is -0.384. The average molecular weight is 318 g/mol. The van der Waals surface area contributed by atoms with E-state index in [-0.39, 0.29) is 22.7 Å². The summed E-state index contributed by atoms with van der Waals surface area (Å²) in [5, 5.41) is 11.5. The largest absolute Gasteiger partial charge is 0.296 e. The Morgan fingerprint density at radius 1 is 1.00 bits per heavy atom. The van der Waals surface area contributed by atoms with Crippen molar-refractivity contribution in [2.75, 3.05) is 0 Å². The lowest BCUT2D eigenvalue weighted by Gasteiger charge is -2.09. The fourth-order valence-electron chi connectivity index (χ4n) is 2.52. The second-order valence-electron chi connectivity index (χ2n) is 5.31. The average Bonchev–Trinajstić information content (AvgIpc) is 2.62. The van der Waals surface area contributed by atoms with Crippen LogP contribution in [0.4, 0.5) is 5.69 Å². The maximum atomic E-state index is 12.6. The highest BCUT2D eigenvalue weighted by molar-refractivity contribution is 6.10. The lowest BCUT2D eigenvalue weighted by atomic mass is 10.00. The number of benzene rings is 2. The van der Waals surface area contributed by atoms with Crippen molar-refractivity contribution in [3.8, 4) is 11.3 Å². The number of aryl methyl sites for hydroxylation is 1. The molecule has 5 nitrogen and oxygen atoms in total. The topological polar surface area (TPSA) is 73.1 Å². The van der Waals surface area contributed by atoms with Gasteiger partial charge in [0.15, 0.2) is 5.78 Å². The third-order valence-corrected chi connectivity index (χ3v) is 3.72. The number of ketones is 1. The van der Waals surface area contributed by atoms with E-state index in [9.17, 15) is 14.9 Å². The van der Waals surface area contributed by atoms with Crippen LogP contribution in [-0.4, -0.2) is 15.7 Å². The molecule has 5 heteroatoms. The number of hydrogen-bond acceptors (Lipinski definition) is 4. The van der Waals surface area contributed by atoms with Crippen molar-refractivity contribution in [2.24, 2.45) is 0 Å². The van der Waals surface area contributed by atoms with Gasteiger partial charge in [0.05, 0.1) is 10.5 Å². The van der Waals surface area contributed by atoms with Crippen LogP contribution in [0.3, 0.4) is 0 Å². The molecule has 0 N–H and O–H groups in total. The molecule has 0 saturated carbocycles. The molecule has 0 bridgehead atoms. The fraction of sp³-hybridized carbons (Fsp3) is 0.0526. The predicted octanol–water partition coefficient (Wildman–Crippen LogP) is 4.20. The van der Waals surface area contributed by atoms with Gasteiger partial charge in [-0.3, -0.25) is 14.9 Å². The molecule has 118 valence electrons. The fourth-order valence-corrected chi connectivity index (χ4v) is 2.52. The molecular formula is C19H14N2O3. The summed E-state index contributed by atoms with van der Waals surface area (Å²) in [7, 11) is 0. The van der Waals surface area contributed by atoms with Crippen LogP contribution in [-0.2, 0) is 0 Å². The van der Waals surface area contributed by atoms with E-state index in [1.165, 1.54) is 6.07 Å². The highest BCUT2D eigenvalue weighted by Gasteiger charge is 2.23. The second kappa shape index (κ2) is 6.42. The molecule has 3 aromatic rings. The molecule has 24 heavy (non-hydrogen) atoms. The molecule has 0 unspecified atom stereocenters. The number of nitro groups is 1. The Kier molecular flexibility index (Phi) is 4.16. The van der Waals surface area contributed by atoms with E-state index in [4.69, 9.17) is 0 Å². The molecular weight excluding hydrogens is 304 g/mol. The molecule has 0 amide bonds. The van der Waals surface area contributed by atoms with Crippen LogP contribution in [0.15, 0.2) is 66.7 Å². The maximum Gasteiger partial charge on any atom is 0.296 e. The van der Waals surface area contributed by atoms with E-state index < -0.39 is 4.92 Å². The Morgan fingerprint density at radius 3 is 2.17 bits per heavy atom. The van der Waals surface area contributed by atoms with Gasteiger partial charge < -0.3 is 0 Å². The summed E-state index contributed by atoms with van der Waals surface area (Å²) in [6.07, 6.45) is 0. The number of nitrogens with zero attached hydrogens (tertiary/aromatic N) is 2. The molecule has 1 aromatic heterocycles. The van der Waals surface area contributed by atoms with E-state index in [0.29, 0.717) is 16.8 Å². The Morgan fingerprint density at radius 2 is 1.58 bits per heavy atom. The lowest BCUT2D eigenvalue weighted by Crippen LogP contribution is -2.08. The predicted molar refractivity (Wildman–Crippen MR) is 90.9 cm³/mol. The highest BCUT2D eigenvalue weighted by atomic mass is 16.6. The summed E-state index contributed by atoms with van der Waals surface area (Å²) >= 11 is 0. The molecule has 0 aliphatic heterocycles. The minimum Gasteiger partial charge on any atom is -0.289 e. The second-order valence-corrected chi connectivity index (χ2v) is 5.31. The summed E-state index contributed by atoms with van der Waals surface area (Å²) in [5.74, 6) is -0.275. The number of pyridine rings is 1. The number of carbonyl (C=O) groups excluding carboxylic acids is 1. The van der Waals surface area contributed by atoms with Gasteiger partial charge in [-0.25, -0.2) is 4.98 Å². The SMILES string of the molecule is Cc1nc(-c2ccccc2)c([N+](=O)[O-])cc1C(=O)c1ccccc1. The molecule has 0 fully saturated rings. The molecule has 0 spiro atoms. The minimum absolute atomic E-state index is 0.175. The van der Waals surface area contributed by atoms with E-state index in [1.807, 2.05) is 12.1 Å². The minimum atomic E-state index is -0.503. The highest BCUT2D eigenvalue weighted by Crippen LogP contribution is 2.30. The number of rotatable bonds is 4. The smallest absolute Gasteiger partial charge is 0.289 e. The van der Waals surface area contributed by atoms with Crippen LogP contribution >= 0.6 is 0 Å². The van der Waals surface area contributed by atoms with Gasteiger partial charge in [-0.2, -0.15) is 0 Å². The molecule has 0 aliphatic rings. The summed E-state index contributed by atoms with van der Waals surface area (Å²) < 4.78 is 0. The molecule has 2 aromatic carbocycles. The van der Waals surface area contributed by atoms with Crippen molar-refractivity contribution >= 4 is 11.5 Å². The molecule has 0 atom stereocenters. The van der Waals surface area contributed by atoms with Crippen LogP contribution in [0.1, 0.15) is 21.6 Å². The van der Waals surface area contributed by atoms with Gasteiger partial charge in [-0.05, 0) is 6.92 Å². The van der Waals surface area contributed by atoms with Crippen molar-refractivity contribution in [1.29, 1.82) is 0 Å². The van der Waals surface area contributed by atoms with Gasteiger partial charge in [0.1, 0.15) is 5.69 Å². The monoisotopic (exact) mass is 318 g/mol. The Bertz CT molecular complexity index is 907. The van der Waals surface area contributed by atoms with Crippen LogP contribution in [0.25, 0.3) is 11.3 Å². The summed E-state index contributed by atoms with van der Waals surface area (Å²) in [6.45, 7) is 1.69. The summed E-state index contributed by atoms with van der Waals surface area (Å²) in [6, 6.07) is 18.9. The Balaban J connectivity index is 2.16. The zero-order valence-corrected chi connectivity index (χ0v) is 13.0. The maximum absolute atomic E-state index is 12.6. The van der Waals surface area contributed by atoms with Gasteiger partial charge in [0.25, 0.3) is 5.69 Å². The van der Waals surface area contributed by atoms with Crippen LogP contribution < -0.4 is 0 Å². The molecule has 3 rings (SSSR count). The standard InChI is InChI=1S/C19H14N2O3/c1-13-16(19(22)15-10-6-3-7-11-15)12-17(21(23)24)18(20-13)14-8-4-2-5-9-14/h2-12H,1H3. The zero-order valence-electron chi connectivity index (χ0n) is 13.0. The van der Waals surface area contributed by atoms with E-state index >= 15 is 0 Å². The van der Waals surface area contributed by atoms with Gasteiger partial charge in [-0.15, -0.1) is 0 Å². The molecule has 1 heterocycles. The third-order valence-electron chi connectivity index (χ3n) is 3.72. The number of carbonyl (C=O) groups is 1. The number of hydrogen-bond donors (Lipinski definition) is 0. The first-order valence-corrected chi connectivity index (χ1v) is 7.39. The van der Waals surface area contributed by atoms with Gasteiger partial charge in [0, 0.05) is 22.9 Å². The van der Waals surface area contributed by atoms with Crippen molar-refractivity contribution in [3.05, 3.63) is 93.7 Å². The van der Waals surface area contributed by atoms with Crippen LogP contribution in [0.5, 0.6) is 0 Å². The van der Waals surface area contributed by atoms with Crippen molar-refractivity contribution in [3.63, 3.8) is 0 Å². The summed E-state index contributed by atoms with van der Waals surface area (Å²) in [5.41, 5.74) is 1.92. The Hall–Kier alpha value is -3.34. The molecule has 0 radical (unpaired) electrons. The quantitative estimate of drug-likeness (QED) is 0.410. The van der Waals surface area contributed by atoms with Gasteiger partial charge in [0.2, 0.25) is 0 Å². The summed E-state index contributed by atoms with van der Waals surface area (Å²) in [4.78, 5) is 27.9. The van der Waals surface area contributed by atoms with E-state index in [1.54, 1.807) is 55.5 Å². The first-order chi connectivity index (χ1) is 11.6. The normalized spacial score (nSPS) is 10.4. The first kappa shape index (κ1) is 15.6. The first-order valence-electron chi connectivity index (χ1n) is 7.39. The molecule has 0 saturated heterocycles. The zero-order chi connectivity index (χ0) is 17.1. The van der Waals surface area contributed by atoms with Crippen molar-refractivity contribution < 1.29 is 9.72 Å². The van der Waals surface area contributed by atoms with Crippen LogP contribution in [0, 0.1) is 17.0 Å². The Labute approximate surface area is 138 Å². The van der Waals surface area contributed by atoms with Gasteiger partial charge in [-0.1, -0.05) is 60.7 Å².